The summed E-state index contributed by atoms with van der Waals surface area (Å²) in [7, 11) is 0. The number of unbranched alkanes of at least 4 members (excludes halogenated alkanes) is 8. The fourth-order valence-corrected chi connectivity index (χ4v) is 2.39. The third-order valence-corrected chi connectivity index (χ3v) is 3.79. The minimum atomic E-state index is -0.944. The molecule has 0 aromatic rings. The molecule has 0 bridgehead atoms. The lowest BCUT2D eigenvalue weighted by Crippen LogP contribution is -2.32. The molecule has 1 heterocycles. The van der Waals surface area contributed by atoms with Gasteiger partial charge in [0, 0.05) is 12.8 Å². The molecule has 0 aromatic heterocycles. The summed E-state index contributed by atoms with van der Waals surface area (Å²) in [5.41, 5.74) is 0. The number of carboxylic acid groups (broad SMARTS) is 2. The molecule has 3 N–H and O–H groups in total. The Hall–Kier alpha value is -1.59. The normalized spacial score (nSPS) is 16.4. The van der Waals surface area contributed by atoms with Crippen LogP contribution < -0.4 is 5.32 Å². The van der Waals surface area contributed by atoms with Crippen LogP contribution in [0.4, 0.5) is 0 Å². The first-order valence-corrected chi connectivity index (χ1v) is 8.71. The Morgan fingerprint density at radius 1 is 1.00 bits per heavy atom. The Morgan fingerprint density at radius 3 is 1.87 bits per heavy atom. The number of carboxylic acids is 2. The number of hydrogen-bond acceptors (Lipinski definition) is 3. The summed E-state index contributed by atoms with van der Waals surface area (Å²) in [6.45, 7) is 2.23. The van der Waals surface area contributed by atoms with Crippen LogP contribution in [-0.2, 0) is 14.4 Å². The van der Waals surface area contributed by atoms with Crippen molar-refractivity contribution in [1.29, 1.82) is 0 Å². The predicted octanol–water partition coefficient (Wildman–Crippen LogP) is 3.34. The lowest BCUT2D eigenvalue weighted by molar-refractivity contribution is -0.140. The lowest BCUT2D eigenvalue weighted by Gasteiger charge is -2.00. The molecule has 1 aliphatic rings. The highest BCUT2D eigenvalue weighted by molar-refractivity contribution is 5.87. The summed E-state index contributed by atoms with van der Waals surface area (Å²) in [5.74, 6) is -1.77. The smallest absolute Gasteiger partial charge is 0.326 e. The molecule has 0 saturated carbocycles. The van der Waals surface area contributed by atoms with Crippen LogP contribution in [0.2, 0.25) is 0 Å². The monoisotopic (exact) mass is 329 g/mol. The van der Waals surface area contributed by atoms with Gasteiger partial charge in [-0.15, -0.1) is 0 Å². The van der Waals surface area contributed by atoms with E-state index in [0.717, 1.165) is 12.8 Å². The number of carbonyl (C=O) groups excluding carboxylic acids is 1. The summed E-state index contributed by atoms with van der Waals surface area (Å²) in [4.78, 5) is 30.7. The first-order valence-electron chi connectivity index (χ1n) is 8.71. The van der Waals surface area contributed by atoms with Gasteiger partial charge in [-0.05, 0) is 12.8 Å². The van der Waals surface area contributed by atoms with Crippen molar-refractivity contribution in [2.24, 2.45) is 0 Å². The molecule has 1 amide bonds. The minimum absolute atomic E-state index is 0.164. The quantitative estimate of drug-likeness (QED) is 0.504. The third kappa shape index (κ3) is 13.8. The van der Waals surface area contributed by atoms with Gasteiger partial charge in [0.1, 0.15) is 6.04 Å². The Labute approximate surface area is 138 Å². The van der Waals surface area contributed by atoms with E-state index in [2.05, 4.69) is 12.2 Å². The zero-order valence-corrected chi connectivity index (χ0v) is 14.2. The summed E-state index contributed by atoms with van der Waals surface area (Å²) >= 11 is 0. The molecule has 0 aromatic carbocycles. The maximum Gasteiger partial charge on any atom is 0.326 e. The average Bonchev–Trinajstić information content (AvgIpc) is 2.93. The number of carbonyl (C=O) groups is 3. The number of hydrogen-bond donors (Lipinski definition) is 3. The lowest BCUT2D eigenvalue weighted by atomic mass is 10.1. The molecule has 0 radical (unpaired) electrons. The molecule has 6 nitrogen and oxygen atoms in total. The molecule has 1 unspecified atom stereocenters. The van der Waals surface area contributed by atoms with Gasteiger partial charge in [0.25, 0.3) is 0 Å². The molecule has 23 heavy (non-hydrogen) atoms. The maximum absolute atomic E-state index is 10.4. The van der Waals surface area contributed by atoms with Crippen molar-refractivity contribution in [1.82, 2.24) is 5.32 Å². The molecule has 1 rings (SSSR count). The van der Waals surface area contributed by atoms with E-state index in [1.807, 2.05) is 0 Å². The first kappa shape index (κ1) is 21.4. The van der Waals surface area contributed by atoms with Crippen molar-refractivity contribution >= 4 is 17.8 Å². The van der Waals surface area contributed by atoms with Gasteiger partial charge < -0.3 is 15.5 Å². The second kappa shape index (κ2) is 14.0. The molecule has 1 atom stereocenters. The number of aliphatic carboxylic acids is 2. The first-order chi connectivity index (χ1) is 11.0. The van der Waals surface area contributed by atoms with E-state index in [4.69, 9.17) is 10.2 Å². The Balaban J connectivity index is 0.000000459. The summed E-state index contributed by atoms with van der Waals surface area (Å²) in [6, 6.07) is -0.641. The average molecular weight is 329 g/mol. The molecular weight excluding hydrogens is 298 g/mol. The number of rotatable bonds is 11. The third-order valence-electron chi connectivity index (χ3n) is 3.79. The van der Waals surface area contributed by atoms with Crippen LogP contribution in [0.3, 0.4) is 0 Å². The van der Waals surface area contributed by atoms with Gasteiger partial charge in [0.2, 0.25) is 5.91 Å². The second-order valence-corrected chi connectivity index (χ2v) is 5.97. The van der Waals surface area contributed by atoms with Crippen molar-refractivity contribution in [3.05, 3.63) is 0 Å². The minimum Gasteiger partial charge on any atom is -0.481 e. The van der Waals surface area contributed by atoms with E-state index in [0.29, 0.717) is 19.3 Å². The number of nitrogens with one attached hydrogen (secondary N) is 1. The van der Waals surface area contributed by atoms with Gasteiger partial charge >= 0.3 is 11.9 Å². The van der Waals surface area contributed by atoms with Crippen molar-refractivity contribution < 1.29 is 24.6 Å². The van der Waals surface area contributed by atoms with Gasteiger partial charge in [0.15, 0.2) is 0 Å². The number of amides is 1. The highest BCUT2D eigenvalue weighted by Crippen LogP contribution is 2.10. The largest absolute Gasteiger partial charge is 0.481 e. The van der Waals surface area contributed by atoms with Crippen LogP contribution >= 0.6 is 0 Å². The topological polar surface area (TPSA) is 104 Å². The molecule has 1 fully saturated rings. The fourth-order valence-electron chi connectivity index (χ4n) is 2.39. The zero-order valence-electron chi connectivity index (χ0n) is 14.2. The van der Waals surface area contributed by atoms with Crippen LogP contribution in [-0.4, -0.2) is 34.1 Å². The predicted molar refractivity (Wildman–Crippen MR) is 88.3 cm³/mol. The maximum atomic E-state index is 10.4. The van der Waals surface area contributed by atoms with Gasteiger partial charge in [-0.3, -0.25) is 9.59 Å². The van der Waals surface area contributed by atoms with E-state index >= 15 is 0 Å². The molecular formula is C17H31NO5. The van der Waals surface area contributed by atoms with E-state index in [-0.39, 0.29) is 5.91 Å². The van der Waals surface area contributed by atoms with Crippen LogP contribution in [0, 0.1) is 0 Å². The van der Waals surface area contributed by atoms with Crippen LogP contribution in [0.1, 0.15) is 84.0 Å². The van der Waals surface area contributed by atoms with Crippen LogP contribution in [0.5, 0.6) is 0 Å². The Morgan fingerprint density at radius 2 is 1.52 bits per heavy atom. The van der Waals surface area contributed by atoms with Gasteiger partial charge in [-0.2, -0.15) is 0 Å². The van der Waals surface area contributed by atoms with Crippen LogP contribution in [0.25, 0.3) is 0 Å². The van der Waals surface area contributed by atoms with Gasteiger partial charge in [-0.25, -0.2) is 4.79 Å². The zero-order chi connectivity index (χ0) is 17.5. The second-order valence-electron chi connectivity index (χ2n) is 5.97. The van der Waals surface area contributed by atoms with Crippen molar-refractivity contribution in [3.8, 4) is 0 Å². The molecule has 0 aliphatic carbocycles. The van der Waals surface area contributed by atoms with Crippen molar-refractivity contribution in [3.63, 3.8) is 0 Å². The molecule has 134 valence electrons. The summed E-state index contributed by atoms with van der Waals surface area (Å²) < 4.78 is 0. The Kier molecular flexibility index (Phi) is 13.1. The van der Waals surface area contributed by atoms with E-state index in [1.165, 1.54) is 44.9 Å². The van der Waals surface area contributed by atoms with Crippen LogP contribution in [0.15, 0.2) is 0 Å². The molecule has 0 spiro atoms. The molecule has 1 saturated heterocycles. The van der Waals surface area contributed by atoms with Gasteiger partial charge in [-0.1, -0.05) is 58.3 Å². The highest BCUT2D eigenvalue weighted by atomic mass is 16.4. The summed E-state index contributed by atoms with van der Waals surface area (Å²) in [5, 5.41) is 19.0. The highest BCUT2D eigenvalue weighted by Gasteiger charge is 2.26. The van der Waals surface area contributed by atoms with Gasteiger partial charge in [0.05, 0.1) is 0 Å². The SMILES string of the molecule is CCCCCCCCCCCC(=O)O.O=C1CCC(C(=O)O)N1. The molecule has 1 aliphatic heterocycles. The fraction of sp³-hybridized carbons (Fsp3) is 0.824. The molecule has 6 heteroatoms. The standard InChI is InChI=1S/C12H24O2.C5H7NO3/c1-2-3-4-5-6-7-8-9-10-11-12(13)14;7-4-2-1-3(6-4)5(8)9/h2-11H2,1H3,(H,13,14);3H,1-2H2,(H,6,7)(H,8,9). The van der Waals surface area contributed by atoms with Crippen molar-refractivity contribution in [2.45, 2.75) is 90.0 Å². The van der Waals surface area contributed by atoms with Crippen molar-refractivity contribution in [2.75, 3.05) is 0 Å². The van der Waals surface area contributed by atoms with E-state index in [9.17, 15) is 14.4 Å². The van der Waals surface area contributed by atoms with E-state index in [1.54, 1.807) is 0 Å². The Bertz CT molecular complexity index is 357. The van der Waals surface area contributed by atoms with E-state index < -0.39 is 18.0 Å². The summed E-state index contributed by atoms with van der Waals surface area (Å²) in [6.07, 6.45) is 12.2.